The molecule has 1 aromatic carbocycles. The monoisotopic (exact) mass is 297 g/mol. The summed E-state index contributed by atoms with van der Waals surface area (Å²) in [5.74, 6) is 3.45. The van der Waals surface area contributed by atoms with Crippen LogP contribution in [0.4, 0.5) is 0 Å². The van der Waals surface area contributed by atoms with E-state index in [0.717, 1.165) is 41.9 Å². The maximum atomic E-state index is 5.43. The summed E-state index contributed by atoms with van der Waals surface area (Å²) in [5, 5.41) is 4.51. The van der Waals surface area contributed by atoms with Gasteiger partial charge in [-0.1, -0.05) is 12.1 Å². The van der Waals surface area contributed by atoms with Crippen molar-refractivity contribution >= 4 is 0 Å². The molecule has 6 heteroatoms. The highest BCUT2D eigenvalue weighted by atomic mass is 16.5. The lowest BCUT2D eigenvalue weighted by atomic mass is 10.3. The van der Waals surface area contributed by atoms with Crippen molar-refractivity contribution in [2.75, 3.05) is 7.11 Å². The molecule has 3 aromatic rings. The number of nitrogens with zero attached hydrogens (tertiary/aromatic N) is 5. The lowest BCUT2D eigenvalue weighted by Crippen LogP contribution is -2.09. The van der Waals surface area contributed by atoms with Gasteiger partial charge in [-0.25, -0.2) is 14.6 Å². The second-order valence-electron chi connectivity index (χ2n) is 5.08. The molecule has 6 nitrogen and oxygen atoms in total. The van der Waals surface area contributed by atoms with Gasteiger partial charge in [-0.15, -0.1) is 0 Å². The average molecular weight is 297 g/mol. The fraction of sp³-hybridized carbons (Fsp3) is 0.312. The van der Waals surface area contributed by atoms with Crippen molar-refractivity contribution in [1.29, 1.82) is 0 Å². The van der Waals surface area contributed by atoms with Crippen LogP contribution in [0.3, 0.4) is 0 Å². The quantitative estimate of drug-likeness (QED) is 0.725. The minimum atomic E-state index is 0.753. The van der Waals surface area contributed by atoms with E-state index in [2.05, 4.69) is 19.6 Å². The van der Waals surface area contributed by atoms with Crippen molar-refractivity contribution in [2.45, 2.75) is 26.8 Å². The highest BCUT2D eigenvalue weighted by Crippen LogP contribution is 2.22. The van der Waals surface area contributed by atoms with E-state index in [9.17, 15) is 0 Å². The number of ether oxygens (including phenoxy) is 1. The van der Waals surface area contributed by atoms with E-state index in [1.54, 1.807) is 7.11 Å². The van der Waals surface area contributed by atoms with Crippen molar-refractivity contribution in [2.24, 2.45) is 0 Å². The Morgan fingerprint density at radius 3 is 2.73 bits per heavy atom. The summed E-state index contributed by atoms with van der Waals surface area (Å²) in [4.78, 5) is 8.80. The highest BCUT2D eigenvalue weighted by Gasteiger charge is 2.13. The van der Waals surface area contributed by atoms with Crippen LogP contribution in [0.5, 0.6) is 5.75 Å². The third-order valence-electron chi connectivity index (χ3n) is 3.59. The van der Waals surface area contributed by atoms with Crippen LogP contribution >= 0.6 is 0 Å². The Balaban J connectivity index is 1.91. The van der Waals surface area contributed by atoms with Crippen molar-refractivity contribution in [3.05, 3.63) is 54.1 Å². The molecule has 0 N–H and O–H groups in total. The number of aryl methyl sites for hydroxylation is 4. The molecule has 0 aliphatic heterocycles. The number of methoxy groups -OCH3 is 1. The van der Waals surface area contributed by atoms with E-state index >= 15 is 0 Å². The molecule has 0 aliphatic carbocycles. The third-order valence-corrected chi connectivity index (χ3v) is 3.59. The van der Waals surface area contributed by atoms with Gasteiger partial charge < -0.3 is 9.30 Å². The molecule has 2 aromatic heterocycles. The lowest BCUT2D eigenvalue weighted by molar-refractivity contribution is 0.411. The molecule has 0 radical (unpaired) electrons. The van der Waals surface area contributed by atoms with E-state index < -0.39 is 0 Å². The molecule has 22 heavy (non-hydrogen) atoms. The molecule has 0 unspecified atom stereocenters. The van der Waals surface area contributed by atoms with Crippen molar-refractivity contribution < 1.29 is 4.74 Å². The first-order valence-electron chi connectivity index (χ1n) is 7.22. The molecule has 0 fully saturated rings. The summed E-state index contributed by atoms with van der Waals surface area (Å²) >= 11 is 0. The Labute approximate surface area is 129 Å². The van der Waals surface area contributed by atoms with Crippen molar-refractivity contribution in [1.82, 2.24) is 24.3 Å². The minimum Gasteiger partial charge on any atom is -0.494 e. The smallest absolute Gasteiger partial charge is 0.148 e. The summed E-state index contributed by atoms with van der Waals surface area (Å²) in [6.07, 6.45) is 4.56. The molecular formula is C16H19N5O. The number of aromatic nitrogens is 5. The number of hydrogen-bond acceptors (Lipinski definition) is 4. The number of rotatable bonds is 5. The van der Waals surface area contributed by atoms with Gasteiger partial charge in [-0.3, -0.25) is 0 Å². The largest absolute Gasteiger partial charge is 0.494 e. The summed E-state index contributed by atoms with van der Waals surface area (Å²) in [6.45, 7) is 4.72. The molecule has 0 saturated carbocycles. The molecule has 0 aliphatic rings. The maximum Gasteiger partial charge on any atom is 0.148 e. The molecule has 2 heterocycles. The van der Waals surface area contributed by atoms with Crippen molar-refractivity contribution in [3.8, 4) is 11.4 Å². The lowest BCUT2D eigenvalue weighted by Gasteiger charge is -2.11. The number of benzene rings is 1. The summed E-state index contributed by atoms with van der Waals surface area (Å²) in [5.41, 5.74) is 0.906. The van der Waals surface area contributed by atoms with Crippen LogP contribution in [-0.4, -0.2) is 31.4 Å². The van der Waals surface area contributed by atoms with E-state index in [4.69, 9.17) is 4.74 Å². The van der Waals surface area contributed by atoms with Crippen LogP contribution in [0.15, 0.2) is 36.7 Å². The second kappa shape index (κ2) is 6.01. The van der Waals surface area contributed by atoms with E-state index in [1.807, 2.05) is 55.2 Å². The van der Waals surface area contributed by atoms with Gasteiger partial charge in [0.05, 0.1) is 7.11 Å². The third kappa shape index (κ3) is 2.72. The first-order chi connectivity index (χ1) is 10.7. The zero-order chi connectivity index (χ0) is 15.5. The second-order valence-corrected chi connectivity index (χ2v) is 5.08. The molecule has 3 rings (SSSR count). The van der Waals surface area contributed by atoms with Gasteiger partial charge in [0.2, 0.25) is 0 Å². The Hall–Kier alpha value is -2.63. The Morgan fingerprint density at radius 1 is 1.18 bits per heavy atom. The predicted octanol–water partition coefficient (Wildman–Crippen LogP) is 2.33. The fourth-order valence-electron chi connectivity index (χ4n) is 2.48. The van der Waals surface area contributed by atoms with E-state index in [1.165, 1.54) is 0 Å². The van der Waals surface area contributed by atoms with Crippen molar-refractivity contribution in [3.63, 3.8) is 0 Å². The van der Waals surface area contributed by atoms with Gasteiger partial charge in [-0.05, 0) is 26.0 Å². The highest BCUT2D eigenvalue weighted by molar-refractivity contribution is 5.46. The zero-order valence-electron chi connectivity index (χ0n) is 13.0. The molecule has 0 spiro atoms. The van der Waals surface area contributed by atoms with Gasteiger partial charge in [0.15, 0.2) is 0 Å². The number of hydrogen-bond donors (Lipinski definition) is 0. The van der Waals surface area contributed by atoms with Crippen LogP contribution in [0.2, 0.25) is 0 Å². The molecule has 0 saturated heterocycles. The minimum absolute atomic E-state index is 0.753. The normalized spacial score (nSPS) is 10.9. The summed E-state index contributed by atoms with van der Waals surface area (Å²) < 4.78 is 9.40. The van der Waals surface area contributed by atoms with Crippen LogP contribution in [0.1, 0.15) is 17.5 Å². The summed E-state index contributed by atoms with van der Waals surface area (Å²) in [6, 6.07) is 7.83. The van der Waals surface area contributed by atoms with E-state index in [0.29, 0.717) is 0 Å². The predicted molar refractivity (Wildman–Crippen MR) is 83.3 cm³/mol. The number of para-hydroxylation sites is 2. The van der Waals surface area contributed by atoms with Crippen LogP contribution < -0.4 is 4.74 Å². The van der Waals surface area contributed by atoms with Crippen LogP contribution in [0, 0.1) is 13.8 Å². The average Bonchev–Trinajstić information content (AvgIpc) is 3.10. The topological polar surface area (TPSA) is 57.8 Å². The van der Waals surface area contributed by atoms with Crippen LogP contribution in [0.25, 0.3) is 5.69 Å². The Kier molecular flexibility index (Phi) is 3.91. The van der Waals surface area contributed by atoms with Gasteiger partial charge in [0.1, 0.15) is 28.9 Å². The molecule has 114 valence electrons. The molecule has 0 bridgehead atoms. The Bertz CT molecular complexity index is 774. The molecular weight excluding hydrogens is 278 g/mol. The first-order valence-corrected chi connectivity index (χ1v) is 7.22. The van der Waals surface area contributed by atoms with Gasteiger partial charge >= 0.3 is 0 Å². The molecule has 0 amide bonds. The SMILES string of the molecule is COc1ccccc1-n1nc(C)nc1CCn1ccnc1C. The summed E-state index contributed by atoms with van der Waals surface area (Å²) in [7, 11) is 1.66. The number of imidazole rings is 1. The van der Waals surface area contributed by atoms with Gasteiger partial charge in [0, 0.05) is 25.4 Å². The van der Waals surface area contributed by atoms with Crippen LogP contribution in [-0.2, 0) is 13.0 Å². The molecule has 0 atom stereocenters. The van der Waals surface area contributed by atoms with E-state index in [-0.39, 0.29) is 0 Å². The standard InChI is InChI=1S/C16H19N5O/c1-12-18-16(8-10-20-11-9-17-13(20)2)21(19-12)14-6-4-5-7-15(14)22-3/h4-7,9,11H,8,10H2,1-3H3. The maximum absolute atomic E-state index is 5.43. The van der Waals surface area contributed by atoms with Gasteiger partial charge in [-0.2, -0.15) is 5.10 Å². The van der Waals surface area contributed by atoms with Gasteiger partial charge in [0.25, 0.3) is 0 Å². The zero-order valence-corrected chi connectivity index (χ0v) is 13.0. The fourth-order valence-corrected chi connectivity index (χ4v) is 2.48. The Morgan fingerprint density at radius 2 is 2.00 bits per heavy atom. The first kappa shape index (κ1) is 14.3.